The molecule has 4 rings (SSSR count). The lowest BCUT2D eigenvalue weighted by atomic mass is 10.0. The molecule has 1 N–H and O–H groups in total. The van der Waals surface area contributed by atoms with Crippen molar-refractivity contribution in [1.29, 1.82) is 0 Å². The fourth-order valence-electron chi connectivity index (χ4n) is 3.69. The van der Waals surface area contributed by atoms with E-state index >= 15 is 0 Å². The Kier molecular flexibility index (Phi) is 6.95. The maximum absolute atomic E-state index is 13.1. The van der Waals surface area contributed by atoms with E-state index in [0.717, 1.165) is 0 Å². The molecule has 0 saturated heterocycles. The van der Waals surface area contributed by atoms with Crippen LogP contribution in [0.4, 0.5) is 10.1 Å². The Morgan fingerprint density at radius 3 is 2.21 bits per heavy atom. The molecule has 170 valence electrons. The second-order valence-electron chi connectivity index (χ2n) is 7.71. The molecule has 1 aliphatic rings. The lowest BCUT2D eigenvalue weighted by Crippen LogP contribution is -2.17. The average Bonchev–Trinajstić information content (AvgIpc) is 3.35. The summed E-state index contributed by atoms with van der Waals surface area (Å²) in [4.78, 5) is 25.7. The molecule has 1 aliphatic carbocycles. The van der Waals surface area contributed by atoms with Crippen molar-refractivity contribution >= 4 is 75.4 Å². The molecule has 0 heterocycles. The number of alkyl halides is 2. The maximum atomic E-state index is 13.1. The Hall–Kier alpha value is -1.82. The van der Waals surface area contributed by atoms with Gasteiger partial charge in [0.25, 0.3) is 0 Å². The van der Waals surface area contributed by atoms with E-state index in [-0.39, 0.29) is 28.6 Å². The first-order chi connectivity index (χ1) is 15.6. The zero-order valence-electron chi connectivity index (χ0n) is 16.7. The van der Waals surface area contributed by atoms with Crippen molar-refractivity contribution in [3.63, 3.8) is 0 Å². The van der Waals surface area contributed by atoms with Gasteiger partial charge in [-0.15, -0.1) is 23.2 Å². The molecule has 1 fully saturated rings. The Labute approximate surface area is 214 Å². The highest BCUT2D eigenvalue weighted by Crippen LogP contribution is 2.65. The summed E-state index contributed by atoms with van der Waals surface area (Å²) in [5.41, 5.74) is 1.94. The highest BCUT2D eigenvalue weighted by molar-refractivity contribution is 6.53. The van der Waals surface area contributed by atoms with Crippen molar-refractivity contribution in [2.45, 2.75) is 16.7 Å². The molecule has 0 aliphatic heterocycles. The molecule has 3 aromatic rings. The number of nitrogens with one attached hydrogen (secondary N) is 1. The van der Waals surface area contributed by atoms with Gasteiger partial charge in [0.1, 0.15) is 10.2 Å². The minimum absolute atomic E-state index is 0.0336. The number of rotatable bonds is 6. The molecule has 0 bridgehead atoms. The quantitative estimate of drug-likeness (QED) is 0.254. The van der Waals surface area contributed by atoms with Crippen LogP contribution in [0.25, 0.3) is 0 Å². The number of carbonyl (C=O) groups is 2. The number of benzene rings is 3. The fourth-order valence-corrected chi connectivity index (χ4v) is 5.05. The van der Waals surface area contributed by atoms with Gasteiger partial charge in [0.15, 0.2) is 5.78 Å². The van der Waals surface area contributed by atoms with Gasteiger partial charge in [-0.2, -0.15) is 0 Å². The SMILES string of the molecule is O=C(Cc1ccc(F)cc1)c1cc(NC(=O)[C@@H]2[C@@H](c3ccc(Cl)c(Cl)c3)C2(Cl)Cl)ccc1Cl. The highest BCUT2D eigenvalue weighted by Gasteiger charge is 2.67. The number of ketones is 1. The third-order valence-corrected chi connectivity index (χ3v) is 7.46. The highest BCUT2D eigenvalue weighted by atomic mass is 35.5. The Bertz CT molecular complexity index is 1250. The number of carbonyl (C=O) groups excluding carboxylic acids is 2. The zero-order valence-corrected chi connectivity index (χ0v) is 20.5. The monoisotopic (exact) mass is 543 g/mol. The molecule has 0 radical (unpaired) electrons. The standard InChI is InChI=1S/C24H15Cl5FNO2/c25-17-8-6-15(11-16(17)20(32)9-12-1-4-14(30)5-2-12)31-23(33)22-21(24(22,28)29)13-3-7-18(26)19(27)10-13/h1-8,10-11,21-22H,9H2,(H,31,33)/t21-,22+/m1/s1. The summed E-state index contributed by atoms with van der Waals surface area (Å²) in [5, 5.41) is 3.72. The fraction of sp³-hybridized carbons (Fsp3) is 0.167. The van der Waals surface area contributed by atoms with Crippen LogP contribution in [0.1, 0.15) is 27.4 Å². The normalized spacial score (nSPS) is 18.6. The summed E-state index contributed by atoms with van der Waals surface area (Å²) < 4.78 is 11.8. The smallest absolute Gasteiger partial charge is 0.231 e. The summed E-state index contributed by atoms with van der Waals surface area (Å²) in [6, 6.07) is 15.2. The van der Waals surface area contributed by atoms with Gasteiger partial charge in [-0.3, -0.25) is 9.59 Å². The van der Waals surface area contributed by atoms with Crippen LogP contribution in [-0.4, -0.2) is 16.0 Å². The van der Waals surface area contributed by atoms with Crippen molar-refractivity contribution in [2.24, 2.45) is 5.92 Å². The van der Waals surface area contributed by atoms with Gasteiger partial charge >= 0.3 is 0 Å². The minimum atomic E-state index is -1.31. The van der Waals surface area contributed by atoms with Crippen molar-refractivity contribution in [1.82, 2.24) is 0 Å². The number of hydrogen-bond acceptors (Lipinski definition) is 2. The largest absolute Gasteiger partial charge is 0.326 e. The van der Waals surface area contributed by atoms with Crippen molar-refractivity contribution in [3.05, 3.63) is 98.2 Å². The third kappa shape index (κ3) is 5.16. The molecular weight excluding hydrogens is 531 g/mol. The summed E-state index contributed by atoms with van der Waals surface area (Å²) in [6.45, 7) is 0. The van der Waals surface area contributed by atoms with E-state index in [9.17, 15) is 14.0 Å². The van der Waals surface area contributed by atoms with Crippen molar-refractivity contribution in [2.75, 3.05) is 5.32 Å². The number of Topliss-reactive ketones (excluding diaryl/α,β-unsaturated/α-hetero) is 1. The topological polar surface area (TPSA) is 46.2 Å². The van der Waals surface area contributed by atoms with Crippen LogP contribution in [0.2, 0.25) is 15.1 Å². The molecule has 1 saturated carbocycles. The third-order valence-electron chi connectivity index (χ3n) is 5.45. The number of amides is 1. The van der Waals surface area contributed by atoms with E-state index in [4.69, 9.17) is 58.0 Å². The Balaban J connectivity index is 1.50. The van der Waals surface area contributed by atoms with E-state index in [2.05, 4.69) is 5.32 Å². The van der Waals surface area contributed by atoms with Gasteiger partial charge in [-0.05, 0) is 53.6 Å². The molecule has 9 heteroatoms. The first-order valence-corrected chi connectivity index (χ1v) is 11.7. The molecule has 0 unspecified atom stereocenters. The van der Waals surface area contributed by atoms with E-state index in [1.54, 1.807) is 24.3 Å². The molecule has 0 spiro atoms. The van der Waals surface area contributed by atoms with Gasteiger partial charge in [-0.1, -0.05) is 53.0 Å². The molecule has 0 aromatic heterocycles. The van der Waals surface area contributed by atoms with Crippen LogP contribution in [0.5, 0.6) is 0 Å². The number of anilines is 1. The van der Waals surface area contributed by atoms with Crippen molar-refractivity contribution < 1.29 is 14.0 Å². The average molecular weight is 546 g/mol. The summed E-state index contributed by atoms with van der Waals surface area (Å²) in [7, 11) is 0. The van der Waals surface area contributed by atoms with E-state index < -0.39 is 22.1 Å². The van der Waals surface area contributed by atoms with Crippen LogP contribution in [-0.2, 0) is 11.2 Å². The van der Waals surface area contributed by atoms with E-state index in [1.165, 1.54) is 36.4 Å². The van der Waals surface area contributed by atoms with Crippen LogP contribution >= 0.6 is 58.0 Å². The molecule has 1 amide bonds. The predicted octanol–water partition coefficient (Wildman–Crippen LogP) is 7.74. The van der Waals surface area contributed by atoms with Gasteiger partial charge in [0.05, 0.1) is 21.0 Å². The summed E-state index contributed by atoms with van der Waals surface area (Å²) in [5.74, 6) is -2.26. The number of halogens is 6. The second-order valence-corrected chi connectivity index (χ2v) is 10.4. The molecule has 2 atom stereocenters. The molecular formula is C24H15Cl5FNO2. The molecule has 3 nitrogen and oxygen atoms in total. The maximum Gasteiger partial charge on any atom is 0.231 e. The molecule has 3 aromatic carbocycles. The lowest BCUT2D eigenvalue weighted by Gasteiger charge is -2.09. The molecule has 33 heavy (non-hydrogen) atoms. The lowest BCUT2D eigenvalue weighted by molar-refractivity contribution is -0.117. The van der Waals surface area contributed by atoms with E-state index in [0.29, 0.717) is 26.9 Å². The van der Waals surface area contributed by atoms with Gasteiger partial charge in [-0.25, -0.2) is 4.39 Å². The summed E-state index contributed by atoms with van der Waals surface area (Å²) >= 11 is 31.0. The van der Waals surface area contributed by atoms with Crippen LogP contribution < -0.4 is 5.32 Å². The van der Waals surface area contributed by atoms with Crippen LogP contribution in [0, 0.1) is 11.7 Å². The van der Waals surface area contributed by atoms with E-state index in [1.807, 2.05) is 0 Å². The Morgan fingerprint density at radius 2 is 1.55 bits per heavy atom. The van der Waals surface area contributed by atoms with Crippen molar-refractivity contribution in [3.8, 4) is 0 Å². The minimum Gasteiger partial charge on any atom is -0.326 e. The predicted molar refractivity (Wildman–Crippen MR) is 132 cm³/mol. The van der Waals surface area contributed by atoms with Crippen LogP contribution in [0.15, 0.2) is 60.7 Å². The second kappa shape index (κ2) is 9.44. The first kappa shape index (κ1) is 24.3. The zero-order chi connectivity index (χ0) is 23.9. The van der Waals surface area contributed by atoms with Gasteiger partial charge in [0.2, 0.25) is 5.91 Å². The van der Waals surface area contributed by atoms with Gasteiger partial charge < -0.3 is 5.32 Å². The van der Waals surface area contributed by atoms with Gasteiger partial charge in [0, 0.05) is 23.6 Å². The first-order valence-electron chi connectivity index (χ1n) is 9.78. The summed E-state index contributed by atoms with van der Waals surface area (Å²) in [6.07, 6.45) is 0.0336. The van der Waals surface area contributed by atoms with Crippen LogP contribution in [0.3, 0.4) is 0 Å². The number of hydrogen-bond donors (Lipinski definition) is 1. The Morgan fingerprint density at radius 1 is 0.879 bits per heavy atom.